The van der Waals surface area contributed by atoms with Gasteiger partial charge >= 0.3 is 0 Å². The van der Waals surface area contributed by atoms with E-state index in [1.54, 1.807) is 33.2 Å². The van der Waals surface area contributed by atoms with Crippen LogP contribution in [0.1, 0.15) is 36.7 Å². The molecule has 0 fully saturated rings. The van der Waals surface area contributed by atoms with Crippen LogP contribution in [0.4, 0.5) is 0 Å². The highest BCUT2D eigenvalue weighted by atomic mass is 16.5. The average molecular weight is 348 g/mol. The van der Waals surface area contributed by atoms with Crippen molar-refractivity contribution in [2.24, 2.45) is 10.4 Å². The number of nitrogens with one attached hydrogen (secondary N) is 2. The summed E-state index contributed by atoms with van der Waals surface area (Å²) in [6.07, 6.45) is 0.0855. The molecule has 140 valence electrons. The van der Waals surface area contributed by atoms with Gasteiger partial charge in [-0.2, -0.15) is 0 Å². The average Bonchev–Trinajstić information content (AvgIpc) is 2.56. The highest BCUT2D eigenvalue weighted by Crippen LogP contribution is 2.20. The Morgan fingerprint density at radius 2 is 1.80 bits per heavy atom. The lowest BCUT2D eigenvalue weighted by atomic mass is 9.89. The molecule has 1 amide bonds. The van der Waals surface area contributed by atoms with E-state index in [1.807, 2.05) is 24.3 Å². The summed E-state index contributed by atoms with van der Waals surface area (Å²) < 4.78 is 5.55. The predicted molar refractivity (Wildman–Crippen MR) is 103 cm³/mol. The minimum Gasteiger partial charge on any atom is -0.379 e. The molecular formula is C19H32N4O2. The Labute approximate surface area is 151 Å². The van der Waals surface area contributed by atoms with E-state index in [2.05, 4.69) is 36.4 Å². The number of ether oxygens (including phenoxy) is 1. The van der Waals surface area contributed by atoms with E-state index < -0.39 is 0 Å². The molecule has 0 saturated heterocycles. The van der Waals surface area contributed by atoms with E-state index in [4.69, 9.17) is 4.74 Å². The number of hydrogen-bond acceptors (Lipinski definition) is 3. The zero-order valence-electron chi connectivity index (χ0n) is 16.5. The fourth-order valence-electron chi connectivity index (χ4n) is 2.36. The van der Waals surface area contributed by atoms with Gasteiger partial charge in [-0.15, -0.1) is 0 Å². The van der Waals surface area contributed by atoms with Crippen LogP contribution < -0.4 is 10.6 Å². The van der Waals surface area contributed by atoms with Crippen LogP contribution in [0.5, 0.6) is 0 Å². The van der Waals surface area contributed by atoms with Crippen molar-refractivity contribution < 1.29 is 9.53 Å². The lowest BCUT2D eigenvalue weighted by Gasteiger charge is -2.30. The molecule has 6 nitrogen and oxygen atoms in total. The normalized spacial score (nSPS) is 13.3. The number of amides is 1. The molecule has 0 spiro atoms. The van der Waals surface area contributed by atoms with Crippen molar-refractivity contribution in [3.05, 3.63) is 35.4 Å². The first-order valence-corrected chi connectivity index (χ1v) is 8.47. The van der Waals surface area contributed by atoms with Crippen molar-refractivity contribution in [2.75, 3.05) is 34.8 Å². The fraction of sp³-hybridized carbons (Fsp3) is 0.579. The molecule has 1 aromatic carbocycles. The zero-order chi connectivity index (χ0) is 19.0. The summed E-state index contributed by atoms with van der Waals surface area (Å²) in [5, 5.41) is 6.57. The maximum atomic E-state index is 11.9. The first-order valence-electron chi connectivity index (χ1n) is 8.47. The van der Waals surface area contributed by atoms with Gasteiger partial charge in [-0.25, -0.2) is 0 Å². The molecule has 0 heterocycles. The molecule has 0 saturated carbocycles. The molecule has 0 aliphatic heterocycles. The number of hydrogen-bond donors (Lipinski definition) is 2. The molecule has 0 radical (unpaired) electrons. The van der Waals surface area contributed by atoms with Gasteiger partial charge < -0.3 is 20.3 Å². The van der Waals surface area contributed by atoms with Gasteiger partial charge in [0.25, 0.3) is 5.91 Å². The number of carbonyl (C=O) groups is 1. The Balaban J connectivity index is 2.56. The topological polar surface area (TPSA) is 66.0 Å². The van der Waals surface area contributed by atoms with Crippen LogP contribution in [0.3, 0.4) is 0 Å². The second-order valence-electron chi connectivity index (χ2n) is 7.29. The van der Waals surface area contributed by atoms with E-state index >= 15 is 0 Å². The number of benzene rings is 1. The van der Waals surface area contributed by atoms with Gasteiger partial charge in [0.05, 0.1) is 6.10 Å². The van der Waals surface area contributed by atoms with E-state index in [0.717, 1.165) is 11.5 Å². The number of aliphatic imine (C=N–C) groups is 1. The molecule has 1 atom stereocenters. The van der Waals surface area contributed by atoms with Crippen molar-refractivity contribution in [2.45, 2.75) is 33.4 Å². The third-order valence-corrected chi connectivity index (χ3v) is 4.00. The highest BCUT2D eigenvalue weighted by Gasteiger charge is 2.24. The third-order valence-electron chi connectivity index (χ3n) is 4.00. The molecule has 6 heteroatoms. The minimum absolute atomic E-state index is 0.00442. The van der Waals surface area contributed by atoms with Crippen LogP contribution in [0, 0.1) is 5.41 Å². The lowest BCUT2D eigenvalue weighted by molar-refractivity contribution is 0.0205. The molecule has 25 heavy (non-hydrogen) atoms. The maximum absolute atomic E-state index is 11.9. The van der Waals surface area contributed by atoms with Crippen LogP contribution in [0.15, 0.2) is 29.3 Å². The van der Waals surface area contributed by atoms with E-state index in [-0.39, 0.29) is 17.4 Å². The van der Waals surface area contributed by atoms with Crippen LogP contribution in [0.25, 0.3) is 0 Å². The monoisotopic (exact) mass is 348 g/mol. The Morgan fingerprint density at radius 1 is 1.20 bits per heavy atom. The number of rotatable bonds is 6. The quantitative estimate of drug-likeness (QED) is 0.610. The van der Waals surface area contributed by atoms with E-state index in [0.29, 0.717) is 18.7 Å². The molecule has 2 N–H and O–H groups in total. The van der Waals surface area contributed by atoms with Gasteiger partial charge in [0.1, 0.15) is 0 Å². The van der Waals surface area contributed by atoms with Crippen molar-refractivity contribution in [3.63, 3.8) is 0 Å². The largest absolute Gasteiger partial charge is 0.379 e. The second-order valence-corrected chi connectivity index (χ2v) is 7.29. The second kappa shape index (κ2) is 9.42. The van der Waals surface area contributed by atoms with Gasteiger partial charge in [0.2, 0.25) is 0 Å². The van der Waals surface area contributed by atoms with Gasteiger partial charge in [-0.05, 0) is 23.1 Å². The Bertz CT molecular complexity index is 574. The van der Waals surface area contributed by atoms with Crippen molar-refractivity contribution in [1.82, 2.24) is 15.5 Å². The van der Waals surface area contributed by atoms with Gasteiger partial charge in [-0.1, -0.05) is 32.9 Å². The first kappa shape index (κ1) is 21.0. The minimum atomic E-state index is 0.00442. The van der Waals surface area contributed by atoms with E-state index in [1.165, 1.54) is 0 Å². The molecule has 0 aliphatic carbocycles. The summed E-state index contributed by atoms with van der Waals surface area (Å²) in [7, 11) is 6.97. The third kappa shape index (κ3) is 6.74. The molecule has 1 unspecified atom stereocenters. The molecule has 1 rings (SSSR count). The van der Waals surface area contributed by atoms with Crippen molar-refractivity contribution >= 4 is 11.9 Å². The standard InChI is InChI=1S/C19H32N4O2/c1-19(2,3)16(25-7)13-22-18(20-4)21-12-14-8-10-15(11-9-14)17(24)23(5)6/h8-11,16H,12-13H2,1-7H3,(H2,20,21,22). The Kier molecular flexibility index (Phi) is 7.90. The summed E-state index contributed by atoms with van der Waals surface area (Å²) in [4.78, 5) is 17.7. The fourth-order valence-corrected chi connectivity index (χ4v) is 2.36. The number of carbonyl (C=O) groups excluding carboxylic acids is 1. The summed E-state index contributed by atoms with van der Waals surface area (Å²) >= 11 is 0. The lowest BCUT2D eigenvalue weighted by Crippen LogP contribution is -2.45. The molecule has 1 aromatic rings. The van der Waals surface area contributed by atoms with Gasteiger partial charge in [0, 0.05) is 46.9 Å². The molecule has 0 aromatic heterocycles. The van der Waals surface area contributed by atoms with Crippen LogP contribution >= 0.6 is 0 Å². The predicted octanol–water partition coefficient (Wildman–Crippen LogP) is 2.11. The number of methoxy groups -OCH3 is 1. The SMILES string of the molecule is CN=C(NCc1ccc(C(=O)N(C)C)cc1)NCC(OC)C(C)(C)C. The van der Waals surface area contributed by atoms with Gasteiger partial charge in [-0.3, -0.25) is 9.79 Å². The maximum Gasteiger partial charge on any atom is 0.253 e. The number of nitrogens with zero attached hydrogens (tertiary/aromatic N) is 2. The van der Waals surface area contributed by atoms with Gasteiger partial charge in [0.15, 0.2) is 5.96 Å². The Morgan fingerprint density at radius 3 is 2.24 bits per heavy atom. The summed E-state index contributed by atoms with van der Waals surface area (Å²) in [5.74, 6) is 0.726. The van der Waals surface area contributed by atoms with Crippen molar-refractivity contribution in [1.29, 1.82) is 0 Å². The van der Waals surface area contributed by atoms with Crippen LogP contribution in [0.2, 0.25) is 0 Å². The Hall–Kier alpha value is -2.08. The van der Waals surface area contributed by atoms with Crippen LogP contribution in [-0.4, -0.2) is 57.7 Å². The molecule has 0 bridgehead atoms. The smallest absolute Gasteiger partial charge is 0.253 e. The molecule has 0 aliphatic rings. The van der Waals surface area contributed by atoms with Crippen LogP contribution in [-0.2, 0) is 11.3 Å². The zero-order valence-corrected chi connectivity index (χ0v) is 16.5. The molecular weight excluding hydrogens is 316 g/mol. The summed E-state index contributed by atoms with van der Waals surface area (Å²) in [5.41, 5.74) is 1.82. The highest BCUT2D eigenvalue weighted by molar-refractivity contribution is 5.93. The first-order chi connectivity index (χ1) is 11.7. The van der Waals surface area contributed by atoms with Crippen molar-refractivity contribution in [3.8, 4) is 0 Å². The van der Waals surface area contributed by atoms with E-state index in [9.17, 15) is 4.79 Å². The number of guanidine groups is 1. The summed E-state index contributed by atoms with van der Waals surface area (Å²) in [6.45, 7) is 7.75. The summed E-state index contributed by atoms with van der Waals surface area (Å²) in [6, 6.07) is 7.58.